The maximum absolute atomic E-state index is 12.4. The summed E-state index contributed by atoms with van der Waals surface area (Å²) < 4.78 is 0. The zero-order chi connectivity index (χ0) is 16.3. The van der Waals surface area contributed by atoms with Gasteiger partial charge in [0.15, 0.2) is 0 Å². The maximum atomic E-state index is 12.4. The van der Waals surface area contributed by atoms with Crippen LogP contribution in [-0.2, 0) is 16.8 Å². The van der Waals surface area contributed by atoms with Crippen LogP contribution in [-0.4, -0.2) is 10.8 Å². The molecule has 0 saturated heterocycles. The predicted molar refractivity (Wildman–Crippen MR) is 86.9 cm³/mol. The Morgan fingerprint density at radius 1 is 1.09 bits per heavy atom. The molecule has 1 N–H and O–H groups in total. The second-order valence-electron chi connectivity index (χ2n) is 5.91. The Bertz CT molecular complexity index is 724. The quantitative estimate of drug-likeness (QED) is 0.680. The topological polar surface area (TPSA) is 72.2 Å². The molecule has 0 bridgehead atoms. The Morgan fingerprint density at radius 2 is 1.74 bits per heavy atom. The third-order valence-corrected chi connectivity index (χ3v) is 4.45. The summed E-state index contributed by atoms with van der Waals surface area (Å²) in [7, 11) is 0. The predicted octanol–water partition coefficient (Wildman–Crippen LogP) is 3.33. The van der Waals surface area contributed by atoms with Crippen molar-refractivity contribution in [2.24, 2.45) is 0 Å². The van der Waals surface area contributed by atoms with Crippen LogP contribution in [0.25, 0.3) is 0 Å². The molecule has 1 amide bonds. The second-order valence-corrected chi connectivity index (χ2v) is 5.91. The molecule has 5 heteroatoms. The van der Waals surface area contributed by atoms with Crippen LogP contribution < -0.4 is 5.32 Å². The van der Waals surface area contributed by atoms with E-state index in [1.54, 1.807) is 18.2 Å². The van der Waals surface area contributed by atoms with E-state index in [4.69, 9.17) is 0 Å². The highest BCUT2D eigenvalue weighted by Crippen LogP contribution is 2.41. The molecule has 1 aliphatic rings. The lowest BCUT2D eigenvalue weighted by Crippen LogP contribution is -2.51. The Kier molecular flexibility index (Phi) is 4.10. The number of hydrogen-bond acceptors (Lipinski definition) is 3. The van der Waals surface area contributed by atoms with Crippen LogP contribution in [0.2, 0.25) is 0 Å². The van der Waals surface area contributed by atoms with Crippen molar-refractivity contribution in [2.45, 2.75) is 31.2 Å². The largest absolute Gasteiger partial charge is 0.346 e. The van der Waals surface area contributed by atoms with Crippen LogP contribution in [0.15, 0.2) is 54.6 Å². The Labute approximate surface area is 134 Å². The lowest BCUT2D eigenvalue weighted by molar-refractivity contribution is -0.385. The van der Waals surface area contributed by atoms with Gasteiger partial charge in [0.25, 0.3) is 5.69 Å². The molecule has 1 saturated carbocycles. The first-order valence-corrected chi connectivity index (χ1v) is 7.70. The number of amides is 1. The lowest BCUT2D eigenvalue weighted by Gasteiger charge is -2.43. The van der Waals surface area contributed by atoms with E-state index in [2.05, 4.69) is 5.32 Å². The SMILES string of the molecule is O=C(Cc1ccccc1[N+](=O)[O-])NC1(c2ccccc2)CCC1. The van der Waals surface area contributed by atoms with Crippen LogP contribution in [0, 0.1) is 10.1 Å². The Hall–Kier alpha value is -2.69. The number of nitro groups is 1. The Morgan fingerprint density at radius 3 is 2.35 bits per heavy atom. The summed E-state index contributed by atoms with van der Waals surface area (Å²) in [5.74, 6) is -0.178. The van der Waals surface area contributed by atoms with Gasteiger partial charge in [0.2, 0.25) is 5.91 Å². The van der Waals surface area contributed by atoms with Gasteiger partial charge in [0.1, 0.15) is 0 Å². The average molecular weight is 310 g/mol. The molecule has 23 heavy (non-hydrogen) atoms. The number of rotatable bonds is 5. The van der Waals surface area contributed by atoms with Crippen molar-refractivity contribution in [3.63, 3.8) is 0 Å². The van der Waals surface area contributed by atoms with Crippen LogP contribution in [0.4, 0.5) is 5.69 Å². The minimum Gasteiger partial charge on any atom is -0.346 e. The molecule has 2 aromatic rings. The van der Waals surface area contributed by atoms with Crippen LogP contribution in [0.3, 0.4) is 0 Å². The minimum absolute atomic E-state index is 0.00924. The third kappa shape index (κ3) is 3.08. The van der Waals surface area contributed by atoms with Crippen molar-refractivity contribution in [1.82, 2.24) is 5.32 Å². The molecule has 2 aromatic carbocycles. The van der Waals surface area contributed by atoms with Crippen molar-refractivity contribution in [1.29, 1.82) is 0 Å². The molecule has 3 rings (SSSR count). The van der Waals surface area contributed by atoms with E-state index in [-0.39, 0.29) is 23.6 Å². The summed E-state index contributed by atoms with van der Waals surface area (Å²) >= 11 is 0. The van der Waals surface area contributed by atoms with Crippen molar-refractivity contribution < 1.29 is 9.72 Å². The maximum Gasteiger partial charge on any atom is 0.273 e. The molecule has 0 radical (unpaired) electrons. The first-order chi connectivity index (χ1) is 11.1. The number of carbonyl (C=O) groups is 1. The van der Waals surface area contributed by atoms with Gasteiger partial charge in [0.05, 0.1) is 16.9 Å². The fraction of sp³-hybridized carbons (Fsp3) is 0.278. The molecule has 1 aliphatic carbocycles. The summed E-state index contributed by atoms with van der Waals surface area (Å²) in [5.41, 5.74) is 1.21. The van der Waals surface area contributed by atoms with Gasteiger partial charge in [-0.05, 0) is 24.8 Å². The van der Waals surface area contributed by atoms with E-state index in [1.165, 1.54) is 6.07 Å². The summed E-state index contributed by atoms with van der Waals surface area (Å²) in [6, 6.07) is 16.3. The molecule has 0 heterocycles. The van der Waals surface area contributed by atoms with Crippen LogP contribution in [0.5, 0.6) is 0 Å². The highest BCUT2D eigenvalue weighted by atomic mass is 16.6. The zero-order valence-electron chi connectivity index (χ0n) is 12.7. The second kappa shape index (κ2) is 6.20. The van der Waals surface area contributed by atoms with Crippen LogP contribution >= 0.6 is 0 Å². The molecule has 5 nitrogen and oxygen atoms in total. The van der Waals surface area contributed by atoms with Crippen molar-refractivity contribution in [3.05, 3.63) is 75.8 Å². The standard InChI is InChI=1S/C18H18N2O3/c21-17(13-14-7-4-5-10-16(14)20(22)23)19-18(11-6-12-18)15-8-2-1-3-9-15/h1-5,7-10H,6,11-13H2,(H,19,21). The number of nitrogens with one attached hydrogen (secondary N) is 1. The molecule has 0 atom stereocenters. The van der Waals surface area contributed by atoms with E-state index in [1.807, 2.05) is 30.3 Å². The fourth-order valence-electron chi connectivity index (χ4n) is 3.10. The average Bonchev–Trinajstić information content (AvgIpc) is 2.52. The summed E-state index contributed by atoms with van der Waals surface area (Å²) in [6.07, 6.45) is 2.89. The van der Waals surface area contributed by atoms with Crippen molar-refractivity contribution >= 4 is 11.6 Å². The van der Waals surface area contributed by atoms with Crippen LogP contribution in [0.1, 0.15) is 30.4 Å². The van der Waals surface area contributed by atoms with Gasteiger partial charge in [-0.15, -0.1) is 0 Å². The minimum atomic E-state index is -0.446. The van der Waals surface area contributed by atoms with Crippen molar-refractivity contribution in [2.75, 3.05) is 0 Å². The van der Waals surface area contributed by atoms with Gasteiger partial charge in [-0.3, -0.25) is 14.9 Å². The van der Waals surface area contributed by atoms with Gasteiger partial charge in [-0.1, -0.05) is 48.5 Å². The molecule has 0 aliphatic heterocycles. The fourth-order valence-corrected chi connectivity index (χ4v) is 3.10. The van der Waals surface area contributed by atoms with E-state index in [0.717, 1.165) is 24.8 Å². The summed E-state index contributed by atoms with van der Waals surface area (Å²) in [6.45, 7) is 0. The number of para-hydroxylation sites is 1. The highest BCUT2D eigenvalue weighted by Gasteiger charge is 2.39. The van der Waals surface area contributed by atoms with Gasteiger partial charge < -0.3 is 5.32 Å². The molecule has 0 unspecified atom stereocenters. The normalized spacial score (nSPS) is 15.5. The number of carbonyl (C=O) groups excluding carboxylic acids is 1. The smallest absolute Gasteiger partial charge is 0.273 e. The molecule has 118 valence electrons. The van der Waals surface area contributed by atoms with Crippen molar-refractivity contribution in [3.8, 4) is 0 Å². The molecular weight excluding hydrogens is 292 g/mol. The van der Waals surface area contributed by atoms with E-state index >= 15 is 0 Å². The third-order valence-electron chi connectivity index (χ3n) is 4.45. The van der Waals surface area contributed by atoms with Gasteiger partial charge >= 0.3 is 0 Å². The number of benzene rings is 2. The number of hydrogen-bond donors (Lipinski definition) is 1. The molecular formula is C18H18N2O3. The number of nitro benzene ring substituents is 1. The monoisotopic (exact) mass is 310 g/mol. The summed E-state index contributed by atoms with van der Waals surface area (Å²) in [4.78, 5) is 23.0. The van der Waals surface area contributed by atoms with Gasteiger partial charge in [-0.2, -0.15) is 0 Å². The van der Waals surface area contributed by atoms with E-state index in [9.17, 15) is 14.9 Å². The lowest BCUT2D eigenvalue weighted by atomic mass is 9.71. The molecule has 1 fully saturated rings. The van der Waals surface area contributed by atoms with Gasteiger partial charge in [-0.25, -0.2) is 0 Å². The first kappa shape index (κ1) is 15.2. The van der Waals surface area contributed by atoms with Gasteiger partial charge in [0, 0.05) is 11.6 Å². The molecule has 0 spiro atoms. The summed E-state index contributed by atoms with van der Waals surface area (Å²) in [5, 5.41) is 14.2. The van der Waals surface area contributed by atoms with E-state index in [0.29, 0.717) is 5.56 Å². The number of nitrogens with zero attached hydrogens (tertiary/aromatic N) is 1. The zero-order valence-corrected chi connectivity index (χ0v) is 12.7. The Balaban J connectivity index is 1.76. The first-order valence-electron chi connectivity index (χ1n) is 7.70. The molecule has 0 aromatic heterocycles. The highest BCUT2D eigenvalue weighted by molar-refractivity contribution is 5.80. The van der Waals surface area contributed by atoms with E-state index < -0.39 is 4.92 Å².